The van der Waals surface area contributed by atoms with Crippen molar-refractivity contribution in [3.05, 3.63) is 45.6 Å². The van der Waals surface area contributed by atoms with Crippen molar-refractivity contribution in [1.29, 1.82) is 0 Å². The molecule has 9 heteroatoms. The van der Waals surface area contributed by atoms with Crippen molar-refractivity contribution < 1.29 is 28.9 Å². The van der Waals surface area contributed by atoms with Gasteiger partial charge in [-0.05, 0) is 54.0 Å². The predicted octanol–water partition coefficient (Wildman–Crippen LogP) is 2.47. The molecule has 0 bridgehead atoms. The lowest BCUT2D eigenvalue weighted by Crippen LogP contribution is -2.26. The number of esters is 1. The van der Waals surface area contributed by atoms with E-state index in [9.17, 15) is 14.4 Å². The maximum Gasteiger partial charge on any atom is 0.337 e. The fraction of sp³-hybridized carbons (Fsp3) is 0.348. The first-order valence-corrected chi connectivity index (χ1v) is 11.2. The lowest BCUT2D eigenvalue weighted by Gasteiger charge is -2.20. The molecule has 0 aromatic heterocycles. The van der Waals surface area contributed by atoms with Crippen molar-refractivity contribution in [2.24, 2.45) is 0 Å². The summed E-state index contributed by atoms with van der Waals surface area (Å²) in [5.41, 5.74) is 2.73. The Bertz CT molecular complexity index is 1120. The number of hydrogen-bond acceptors (Lipinski definition) is 8. The molecule has 1 atom stereocenters. The molecule has 0 saturated carbocycles. The summed E-state index contributed by atoms with van der Waals surface area (Å²) in [5.74, 6) is -0.396. The molecule has 2 aromatic carbocycles. The van der Waals surface area contributed by atoms with Gasteiger partial charge in [-0.1, -0.05) is 6.07 Å². The molecule has 0 saturated heterocycles. The zero-order chi connectivity index (χ0) is 23.4. The molecule has 32 heavy (non-hydrogen) atoms. The zero-order valence-corrected chi connectivity index (χ0v) is 19.1. The number of benzene rings is 1. The number of amides is 1. The molecule has 3 rings (SSSR count). The zero-order valence-electron chi connectivity index (χ0n) is 18.3. The van der Waals surface area contributed by atoms with Gasteiger partial charge in [0.2, 0.25) is 11.7 Å². The van der Waals surface area contributed by atoms with E-state index in [2.05, 4.69) is 5.32 Å². The van der Waals surface area contributed by atoms with Crippen molar-refractivity contribution in [3.63, 3.8) is 0 Å². The van der Waals surface area contributed by atoms with Crippen LogP contribution in [0.2, 0.25) is 0 Å². The van der Waals surface area contributed by atoms with Crippen molar-refractivity contribution in [2.75, 3.05) is 27.1 Å². The Balaban J connectivity index is 2.37. The third-order valence-corrected chi connectivity index (χ3v) is 6.01. The number of hydrogen-bond donors (Lipinski definition) is 2. The molecule has 1 amide bonds. The van der Waals surface area contributed by atoms with Crippen LogP contribution in [-0.4, -0.2) is 44.1 Å². The number of methoxy groups -OCH3 is 2. The van der Waals surface area contributed by atoms with Gasteiger partial charge in [-0.3, -0.25) is 9.59 Å². The van der Waals surface area contributed by atoms with Crippen LogP contribution >= 0.6 is 11.8 Å². The number of aliphatic hydroxyl groups excluding tert-OH is 1. The van der Waals surface area contributed by atoms with Crippen LogP contribution in [0.1, 0.15) is 30.5 Å². The number of ether oxygens (including phenoxy) is 3. The minimum atomic E-state index is -0.831. The summed E-state index contributed by atoms with van der Waals surface area (Å²) >= 11 is 1.34. The van der Waals surface area contributed by atoms with E-state index in [-0.39, 0.29) is 22.8 Å². The highest BCUT2D eigenvalue weighted by atomic mass is 32.2. The number of thioether (sulfide) groups is 1. The van der Waals surface area contributed by atoms with Crippen LogP contribution in [0.3, 0.4) is 0 Å². The Morgan fingerprint density at radius 2 is 1.91 bits per heavy atom. The van der Waals surface area contributed by atoms with E-state index in [0.717, 1.165) is 5.56 Å². The SMILES string of the molecule is COc1c(OC(=O)CO)cc2c(c1OC)-c1ccc(SC)c(=O)cc1[C@@H](NC(C)=O)CC2. The first kappa shape index (κ1) is 23.6. The highest BCUT2D eigenvalue weighted by Crippen LogP contribution is 2.50. The van der Waals surface area contributed by atoms with Gasteiger partial charge in [-0.25, -0.2) is 4.79 Å². The topological polar surface area (TPSA) is 111 Å². The van der Waals surface area contributed by atoms with E-state index in [1.807, 2.05) is 12.3 Å². The number of rotatable bonds is 6. The van der Waals surface area contributed by atoms with Gasteiger partial charge in [0, 0.05) is 12.5 Å². The summed E-state index contributed by atoms with van der Waals surface area (Å²) in [5, 5.41) is 12.0. The second-order valence-electron chi connectivity index (χ2n) is 7.18. The highest BCUT2D eigenvalue weighted by molar-refractivity contribution is 7.98. The summed E-state index contributed by atoms with van der Waals surface area (Å²) in [6.45, 7) is 0.650. The minimum absolute atomic E-state index is 0.122. The van der Waals surface area contributed by atoms with Crippen LogP contribution in [0.5, 0.6) is 17.2 Å². The second kappa shape index (κ2) is 10.1. The van der Waals surface area contributed by atoms with Gasteiger partial charge in [0.15, 0.2) is 16.9 Å². The fourth-order valence-electron chi connectivity index (χ4n) is 3.94. The third kappa shape index (κ3) is 4.58. The van der Waals surface area contributed by atoms with E-state index < -0.39 is 18.6 Å². The highest BCUT2D eigenvalue weighted by Gasteiger charge is 2.30. The molecule has 8 nitrogen and oxygen atoms in total. The van der Waals surface area contributed by atoms with Crippen LogP contribution in [0.4, 0.5) is 0 Å². The summed E-state index contributed by atoms with van der Waals surface area (Å²) < 4.78 is 16.5. The Morgan fingerprint density at radius 3 is 2.50 bits per heavy atom. The van der Waals surface area contributed by atoms with E-state index in [1.54, 1.807) is 18.2 Å². The summed E-state index contributed by atoms with van der Waals surface area (Å²) in [6.07, 6.45) is 2.85. The van der Waals surface area contributed by atoms with Crippen LogP contribution in [-0.2, 0) is 16.0 Å². The Kier molecular flexibility index (Phi) is 7.42. The number of carbonyl (C=O) groups excluding carboxylic acids is 2. The van der Waals surface area contributed by atoms with Crippen molar-refractivity contribution in [2.45, 2.75) is 30.7 Å². The standard InChI is InChI=1S/C23H25NO7S/c1-12(26)24-16-7-5-13-9-18(31-20(28)11-25)22(29-2)23(30-3)21(13)14-6-8-19(32-4)17(27)10-15(14)16/h6,8-10,16,25H,5,7,11H2,1-4H3,(H,24,26)/t16-/m0/s1. The fourth-order valence-corrected chi connectivity index (χ4v) is 4.41. The molecule has 0 radical (unpaired) electrons. The molecule has 2 N–H and O–H groups in total. The van der Waals surface area contributed by atoms with Gasteiger partial charge in [0.1, 0.15) is 6.61 Å². The maximum atomic E-state index is 12.8. The van der Waals surface area contributed by atoms with Crippen LogP contribution in [0.25, 0.3) is 11.1 Å². The molecule has 1 aliphatic carbocycles. The average Bonchev–Trinajstić information content (AvgIpc) is 3.01. The van der Waals surface area contributed by atoms with Gasteiger partial charge in [-0.2, -0.15) is 0 Å². The minimum Gasteiger partial charge on any atom is -0.492 e. The summed E-state index contributed by atoms with van der Waals surface area (Å²) in [4.78, 5) is 37.0. The van der Waals surface area contributed by atoms with Gasteiger partial charge < -0.3 is 24.6 Å². The quantitative estimate of drug-likeness (QED) is 0.385. The van der Waals surface area contributed by atoms with Crippen molar-refractivity contribution >= 4 is 23.6 Å². The Labute approximate surface area is 189 Å². The smallest absolute Gasteiger partial charge is 0.337 e. The van der Waals surface area contributed by atoms with E-state index in [0.29, 0.717) is 40.2 Å². The summed E-state index contributed by atoms with van der Waals surface area (Å²) in [7, 11) is 2.89. The number of nitrogens with one attached hydrogen (secondary N) is 1. The van der Waals surface area contributed by atoms with E-state index in [1.165, 1.54) is 32.9 Å². The van der Waals surface area contributed by atoms with Gasteiger partial charge in [-0.15, -0.1) is 11.8 Å². The molecular weight excluding hydrogens is 434 g/mol. The van der Waals surface area contributed by atoms with Crippen molar-refractivity contribution in [1.82, 2.24) is 5.32 Å². The number of aliphatic hydroxyl groups is 1. The summed E-state index contributed by atoms with van der Waals surface area (Å²) in [6, 6.07) is 6.41. The lowest BCUT2D eigenvalue weighted by molar-refractivity contribution is -0.137. The Morgan fingerprint density at radius 1 is 1.19 bits per heavy atom. The predicted molar refractivity (Wildman–Crippen MR) is 121 cm³/mol. The normalized spacial score (nSPS) is 14.5. The molecule has 0 unspecified atom stereocenters. The largest absolute Gasteiger partial charge is 0.492 e. The second-order valence-corrected chi connectivity index (χ2v) is 8.03. The van der Waals surface area contributed by atoms with Crippen molar-refractivity contribution in [3.8, 4) is 28.4 Å². The van der Waals surface area contributed by atoms with Crippen LogP contribution < -0.4 is 25.0 Å². The van der Waals surface area contributed by atoms with E-state index in [4.69, 9.17) is 19.3 Å². The molecule has 1 aliphatic rings. The van der Waals surface area contributed by atoms with E-state index >= 15 is 0 Å². The molecule has 0 fully saturated rings. The first-order valence-electron chi connectivity index (χ1n) is 9.93. The van der Waals surface area contributed by atoms with Gasteiger partial charge in [0.05, 0.1) is 25.2 Å². The van der Waals surface area contributed by atoms with Crippen LogP contribution in [0, 0.1) is 0 Å². The molecule has 170 valence electrons. The molecule has 0 aliphatic heterocycles. The first-order chi connectivity index (χ1) is 15.3. The molecule has 0 heterocycles. The third-order valence-electron chi connectivity index (χ3n) is 5.23. The number of carbonyl (C=O) groups is 2. The van der Waals surface area contributed by atoms with Gasteiger partial charge in [0.25, 0.3) is 0 Å². The monoisotopic (exact) mass is 459 g/mol. The molecular formula is C23H25NO7S. The number of fused-ring (bicyclic) bond motifs is 3. The lowest BCUT2D eigenvalue weighted by atomic mass is 9.95. The van der Waals surface area contributed by atoms with Gasteiger partial charge >= 0.3 is 5.97 Å². The molecule has 2 aromatic rings. The molecule has 0 spiro atoms. The number of aryl methyl sites for hydroxylation is 1. The van der Waals surface area contributed by atoms with Crippen LogP contribution in [0.15, 0.2) is 34.0 Å². The Hall–Kier alpha value is -3.04. The maximum absolute atomic E-state index is 12.8. The average molecular weight is 460 g/mol.